The molecule has 1 aromatic heterocycles. The second-order valence-corrected chi connectivity index (χ2v) is 10.6. The summed E-state index contributed by atoms with van der Waals surface area (Å²) in [4.78, 5) is 23.5. The van der Waals surface area contributed by atoms with Crippen LogP contribution < -0.4 is 15.4 Å². The van der Waals surface area contributed by atoms with Crippen molar-refractivity contribution in [3.63, 3.8) is 0 Å². The Hall–Kier alpha value is -3.08. The zero-order valence-corrected chi connectivity index (χ0v) is 19.7. The molecule has 0 radical (unpaired) electrons. The molecule has 180 valence electrons. The standard InChI is InChI=1S/C22H30N4O6S/c1-13(23-22(28)29)8-14-4-5-15(9-14)18-12-20(26-25-18)24-21(27)11-16-10-17(32-2)6-7-19(16)33(3,30)31/h6-7,10,12-15,23H,4-5,8-9,11H2,1-3H3,(H,28,29)(H2,24,25,26,27)/t13?,14-,15-/m0/s1. The molecular weight excluding hydrogens is 448 g/mol. The van der Waals surface area contributed by atoms with Crippen LogP contribution in [-0.4, -0.2) is 55.1 Å². The molecule has 4 N–H and O–H groups in total. The molecule has 0 bridgehead atoms. The third-order valence-corrected chi connectivity index (χ3v) is 7.12. The van der Waals surface area contributed by atoms with Gasteiger partial charge in [-0.15, -0.1) is 0 Å². The quantitative estimate of drug-likeness (QED) is 0.433. The maximum Gasteiger partial charge on any atom is 0.404 e. The van der Waals surface area contributed by atoms with Crippen molar-refractivity contribution >= 4 is 27.7 Å². The topological polar surface area (TPSA) is 150 Å². The van der Waals surface area contributed by atoms with Crippen molar-refractivity contribution < 1.29 is 27.9 Å². The molecular formula is C22H30N4O6S. The minimum absolute atomic E-state index is 0.0878. The van der Waals surface area contributed by atoms with Crippen molar-refractivity contribution in [2.45, 2.75) is 55.9 Å². The molecule has 33 heavy (non-hydrogen) atoms. The summed E-state index contributed by atoms with van der Waals surface area (Å²) in [6.07, 6.45) is 3.61. The lowest BCUT2D eigenvalue weighted by molar-refractivity contribution is -0.115. The Bertz CT molecular complexity index is 1110. The minimum atomic E-state index is -3.50. The van der Waals surface area contributed by atoms with Crippen molar-refractivity contribution in [1.29, 1.82) is 0 Å². The molecule has 0 spiro atoms. The molecule has 0 aliphatic heterocycles. The van der Waals surface area contributed by atoms with E-state index in [4.69, 9.17) is 9.84 Å². The van der Waals surface area contributed by atoms with E-state index < -0.39 is 15.9 Å². The van der Waals surface area contributed by atoms with E-state index in [0.717, 1.165) is 37.6 Å². The van der Waals surface area contributed by atoms with Gasteiger partial charge in [0.25, 0.3) is 0 Å². The number of hydrogen-bond acceptors (Lipinski definition) is 6. The summed E-state index contributed by atoms with van der Waals surface area (Å²) in [6.45, 7) is 1.86. The minimum Gasteiger partial charge on any atom is -0.497 e. The SMILES string of the molecule is COc1ccc(S(C)(=O)=O)c(CC(=O)Nc2cc([C@H]3CC[C@@H](CC(C)NC(=O)O)C3)[nH]n2)c1. The number of methoxy groups -OCH3 is 1. The number of amides is 2. The van der Waals surface area contributed by atoms with E-state index in [2.05, 4.69) is 20.8 Å². The lowest BCUT2D eigenvalue weighted by Crippen LogP contribution is -2.32. The average molecular weight is 479 g/mol. The van der Waals surface area contributed by atoms with Crippen molar-refractivity contribution in [3.05, 3.63) is 35.5 Å². The van der Waals surface area contributed by atoms with Crippen molar-refractivity contribution in [3.8, 4) is 5.75 Å². The summed E-state index contributed by atoms with van der Waals surface area (Å²) >= 11 is 0. The number of carbonyl (C=O) groups excluding carboxylic acids is 1. The number of nitrogens with zero attached hydrogens (tertiary/aromatic N) is 1. The van der Waals surface area contributed by atoms with Crippen molar-refractivity contribution in [2.75, 3.05) is 18.7 Å². The summed E-state index contributed by atoms with van der Waals surface area (Å²) in [5, 5.41) is 21.2. The number of benzene rings is 1. The fraction of sp³-hybridized carbons (Fsp3) is 0.500. The molecule has 10 nitrogen and oxygen atoms in total. The first kappa shape index (κ1) is 24.6. The second kappa shape index (κ2) is 10.2. The van der Waals surface area contributed by atoms with E-state index >= 15 is 0 Å². The fourth-order valence-electron chi connectivity index (χ4n) is 4.49. The van der Waals surface area contributed by atoms with Gasteiger partial charge < -0.3 is 20.5 Å². The Morgan fingerprint density at radius 2 is 2.06 bits per heavy atom. The van der Waals surface area contributed by atoms with Crippen LogP contribution in [0.3, 0.4) is 0 Å². The highest BCUT2D eigenvalue weighted by Gasteiger charge is 2.29. The van der Waals surface area contributed by atoms with Gasteiger partial charge in [-0.3, -0.25) is 9.89 Å². The van der Waals surface area contributed by atoms with Crippen LogP contribution in [0.2, 0.25) is 0 Å². The normalized spacial score (nSPS) is 19.1. The van der Waals surface area contributed by atoms with Crippen LogP contribution in [0.25, 0.3) is 0 Å². The zero-order valence-electron chi connectivity index (χ0n) is 18.9. The number of carboxylic acid groups (broad SMARTS) is 1. The first-order valence-corrected chi connectivity index (χ1v) is 12.7. The molecule has 3 rings (SSSR count). The molecule has 1 heterocycles. The number of nitrogens with one attached hydrogen (secondary N) is 3. The highest BCUT2D eigenvalue weighted by atomic mass is 32.2. The van der Waals surface area contributed by atoms with E-state index in [1.807, 2.05) is 6.92 Å². The smallest absolute Gasteiger partial charge is 0.404 e. The first-order chi connectivity index (χ1) is 15.5. The molecule has 3 atom stereocenters. The second-order valence-electron chi connectivity index (χ2n) is 8.64. The van der Waals surface area contributed by atoms with Gasteiger partial charge in [0.1, 0.15) is 5.75 Å². The Morgan fingerprint density at radius 3 is 2.73 bits per heavy atom. The van der Waals surface area contributed by atoms with Crippen LogP contribution in [0.4, 0.5) is 10.6 Å². The van der Waals surface area contributed by atoms with Gasteiger partial charge in [0.05, 0.1) is 18.4 Å². The van der Waals surface area contributed by atoms with E-state index in [-0.39, 0.29) is 29.2 Å². The number of anilines is 1. The summed E-state index contributed by atoms with van der Waals surface area (Å²) < 4.78 is 29.3. The maximum atomic E-state index is 12.6. The van der Waals surface area contributed by atoms with E-state index in [1.54, 1.807) is 18.2 Å². The lowest BCUT2D eigenvalue weighted by atomic mass is 9.96. The maximum absolute atomic E-state index is 12.6. The van der Waals surface area contributed by atoms with Crippen LogP contribution in [0, 0.1) is 5.92 Å². The summed E-state index contributed by atoms with van der Waals surface area (Å²) in [5.41, 5.74) is 1.28. The number of hydrogen-bond donors (Lipinski definition) is 4. The third kappa shape index (κ3) is 6.70. The number of sulfone groups is 1. The molecule has 0 saturated heterocycles. The van der Waals surface area contributed by atoms with Crippen LogP contribution in [0.5, 0.6) is 5.75 Å². The highest BCUT2D eigenvalue weighted by molar-refractivity contribution is 7.90. The molecule has 1 unspecified atom stereocenters. The molecule has 2 aromatic rings. The van der Waals surface area contributed by atoms with Gasteiger partial charge in [0.2, 0.25) is 5.91 Å². The molecule has 1 fully saturated rings. The van der Waals surface area contributed by atoms with Crippen LogP contribution >= 0.6 is 0 Å². The van der Waals surface area contributed by atoms with Crippen LogP contribution in [-0.2, 0) is 21.1 Å². The third-order valence-electron chi connectivity index (χ3n) is 5.92. The Morgan fingerprint density at radius 1 is 1.30 bits per heavy atom. The Balaban J connectivity index is 1.60. The molecule has 2 amide bonds. The molecule has 1 aliphatic rings. The predicted molar refractivity (Wildman–Crippen MR) is 122 cm³/mol. The van der Waals surface area contributed by atoms with Gasteiger partial charge in [0.15, 0.2) is 15.7 Å². The number of rotatable bonds is 9. The van der Waals surface area contributed by atoms with Gasteiger partial charge in [-0.1, -0.05) is 0 Å². The van der Waals surface area contributed by atoms with E-state index in [1.165, 1.54) is 13.2 Å². The molecule has 11 heteroatoms. The number of aromatic amines is 1. The number of H-pyrrole nitrogens is 1. The highest BCUT2D eigenvalue weighted by Crippen LogP contribution is 2.40. The van der Waals surface area contributed by atoms with Gasteiger partial charge in [-0.2, -0.15) is 5.10 Å². The number of carbonyl (C=O) groups is 2. The van der Waals surface area contributed by atoms with Gasteiger partial charge in [-0.05, 0) is 62.3 Å². The number of aromatic nitrogens is 2. The van der Waals surface area contributed by atoms with E-state index in [9.17, 15) is 18.0 Å². The van der Waals surface area contributed by atoms with E-state index in [0.29, 0.717) is 23.0 Å². The van der Waals surface area contributed by atoms with Crippen molar-refractivity contribution in [2.24, 2.45) is 5.92 Å². The van der Waals surface area contributed by atoms with Crippen molar-refractivity contribution in [1.82, 2.24) is 15.5 Å². The Kier molecular flexibility index (Phi) is 7.62. The summed E-state index contributed by atoms with van der Waals surface area (Å²) in [7, 11) is -2.03. The van der Waals surface area contributed by atoms with Gasteiger partial charge in [0, 0.05) is 30.0 Å². The molecule has 1 saturated carbocycles. The van der Waals surface area contributed by atoms with Gasteiger partial charge in [-0.25, -0.2) is 13.2 Å². The van der Waals surface area contributed by atoms with Gasteiger partial charge >= 0.3 is 6.09 Å². The first-order valence-electron chi connectivity index (χ1n) is 10.8. The van der Waals surface area contributed by atoms with Crippen LogP contribution in [0.15, 0.2) is 29.2 Å². The lowest BCUT2D eigenvalue weighted by Gasteiger charge is -2.16. The fourth-order valence-corrected chi connectivity index (χ4v) is 5.42. The molecule has 1 aromatic carbocycles. The number of ether oxygens (including phenoxy) is 1. The average Bonchev–Trinajstić information content (AvgIpc) is 3.35. The summed E-state index contributed by atoms with van der Waals surface area (Å²) in [5.74, 6) is 1.14. The monoisotopic (exact) mass is 478 g/mol. The largest absolute Gasteiger partial charge is 0.497 e. The summed E-state index contributed by atoms with van der Waals surface area (Å²) in [6, 6.07) is 6.23. The molecule has 1 aliphatic carbocycles. The van der Waals surface area contributed by atoms with Crippen LogP contribution in [0.1, 0.15) is 49.8 Å². The Labute approximate surface area is 193 Å². The zero-order chi connectivity index (χ0) is 24.2. The predicted octanol–water partition coefficient (Wildman–Crippen LogP) is 2.93.